The first-order valence-corrected chi connectivity index (χ1v) is 11.8. The van der Waals surface area contributed by atoms with E-state index in [0.717, 1.165) is 16.6 Å². The van der Waals surface area contributed by atoms with E-state index in [2.05, 4.69) is 114 Å². The van der Waals surface area contributed by atoms with Gasteiger partial charge in [-0.1, -0.05) is 96.6 Å². The van der Waals surface area contributed by atoms with Gasteiger partial charge in [-0.3, -0.25) is 9.97 Å². The molecule has 0 saturated carbocycles. The maximum absolute atomic E-state index is 4.68. The van der Waals surface area contributed by atoms with Crippen molar-refractivity contribution in [2.24, 2.45) is 0 Å². The van der Waals surface area contributed by atoms with Crippen LogP contribution in [0.1, 0.15) is 5.56 Å². The fourth-order valence-corrected chi connectivity index (χ4v) is 4.84. The molecular formula is C33H24N2. The predicted octanol–water partition coefficient (Wildman–Crippen LogP) is 8.61. The Morgan fingerprint density at radius 2 is 1.26 bits per heavy atom. The minimum atomic E-state index is 0.965. The third kappa shape index (κ3) is 3.89. The zero-order chi connectivity index (χ0) is 23.6. The molecule has 35 heavy (non-hydrogen) atoms. The van der Waals surface area contributed by atoms with Crippen LogP contribution in [0.25, 0.3) is 55.4 Å². The maximum Gasteiger partial charge on any atom is 0.0708 e. The molecule has 0 aliphatic heterocycles. The van der Waals surface area contributed by atoms with Crippen molar-refractivity contribution in [2.75, 3.05) is 0 Å². The first-order chi connectivity index (χ1) is 17.3. The van der Waals surface area contributed by atoms with Gasteiger partial charge >= 0.3 is 0 Å². The molecule has 0 unspecified atom stereocenters. The van der Waals surface area contributed by atoms with Crippen molar-refractivity contribution in [3.63, 3.8) is 0 Å². The Labute approximate surface area is 205 Å². The molecule has 0 amide bonds. The molecule has 2 heteroatoms. The van der Waals surface area contributed by atoms with Crippen LogP contribution in [0.5, 0.6) is 0 Å². The van der Waals surface area contributed by atoms with Crippen LogP contribution >= 0.6 is 0 Å². The summed E-state index contributed by atoms with van der Waals surface area (Å²) in [5.74, 6) is 0. The van der Waals surface area contributed by atoms with E-state index in [1.54, 1.807) is 0 Å². The van der Waals surface area contributed by atoms with Crippen LogP contribution in [0.3, 0.4) is 0 Å². The first-order valence-electron chi connectivity index (χ1n) is 11.8. The number of fused-ring (bicyclic) bond motifs is 1. The molecule has 0 aliphatic rings. The van der Waals surface area contributed by atoms with Gasteiger partial charge in [-0.05, 0) is 63.9 Å². The van der Waals surface area contributed by atoms with Gasteiger partial charge in [0.15, 0.2) is 0 Å². The number of hydrogen-bond donors (Lipinski definition) is 0. The fraction of sp³-hybridized carbons (Fsp3) is 0.0303. The van der Waals surface area contributed by atoms with E-state index in [0.29, 0.717) is 0 Å². The van der Waals surface area contributed by atoms with Gasteiger partial charge in [-0.15, -0.1) is 0 Å². The summed E-state index contributed by atoms with van der Waals surface area (Å²) in [6.07, 6.45) is 5.73. The quantitative estimate of drug-likeness (QED) is 0.270. The lowest BCUT2D eigenvalue weighted by Gasteiger charge is -2.18. The van der Waals surface area contributed by atoms with E-state index in [1.807, 2.05) is 30.7 Å². The van der Waals surface area contributed by atoms with Crippen molar-refractivity contribution in [3.05, 3.63) is 133 Å². The van der Waals surface area contributed by atoms with Gasteiger partial charge in [0.05, 0.1) is 5.69 Å². The average molecular weight is 449 g/mol. The van der Waals surface area contributed by atoms with Gasteiger partial charge in [0.25, 0.3) is 0 Å². The number of hydrogen-bond acceptors (Lipinski definition) is 2. The minimum absolute atomic E-state index is 0.965. The highest BCUT2D eigenvalue weighted by Gasteiger charge is 2.17. The third-order valence-corrected chi connectivity index (χ3v) is 6.54. The Hall–Kier alpha value is -4.56. The van der Waals surface area contributed by atoms with Crippen LogP contribution in [-0.4, -0.2) is 9.97 Å². The van der Waals surface area contributed by atoms with Crippen LogP contribution in [-0.2, 0) is 0 Å². The Bertz CT molecular complexity index is 1620. The zero-order valence-corrected chi connectivity index (χ0v) is 19.5. The van der Waals surface area contributed by atoms with Crippen molar-refractivity contribution in [1.82, 2.24) is 9.97 Å². The molecule has 0 aliphatic carbocycles. The Morgan fingerprint density at radius 1 is 0.486 bits per heavy atom. The van der Waals surface area contributed by atoms with Crippen LogP contribution in [0.2, 0.25) is 0 Å². The van der Waals surface area contributed by atoms with Crippen LogP contribution in [0.4, 0.5) is 0 Å². The summed E-state index contributed by atoms with van der Waals surface area (Å²) < 4.78 is 0. The van der Waals surface area contributed by atoms with Crippen LogP contribution in [0, 0.1) is 6.92 Å². The molecular weight excluding hydrogens is 424 g/mol. The van der Waals surface area contributed by atoms with Crippen LogP contribution in [0.15, 0.2) is 128 Å². The molecule has 0 N–H and O–H groups in total. The summed E-state index contributed by atoms with van der Waals surface area (Å²) >= 11 is 0. The molecule has 0 atom stereocenters. The van der Waals surface area contributed by atoms with Gasteiger partial charge in [0.2, 0.25) is 0 Å². The highest BCUT2D eigenvalue weighted by Crippen LogP contribution is 2.43. The molecule has 6 rings (SSSR count). The van der Waals surface area contributed by atoms with Gasteiger partial charge < -0.3 is 0 Å². The summed E-state index contributed by atoms with van der Waals surface area (Å²) in [6, 6.07) is 38.5. The molecule has 0 bridgehead atoms. The molecule has 4 aromatic carbocycles. The second-order valence-electron chi connectivity index (χ2n) is 8.76. The van der Waals surface area contributed by atoms with Gasteiger partial charge in [0.1, 0.15) is 0 Å². The number of aromatic nitrogens is 2. The summed E-state index contributed by atoms with van der Waals surface area (Å²) in [7, 11) is 0. The molecule has 0 radical (unpaired) electrons. The summed E-state index contributed by atoms with van der Waals surface area (Å²) in [4.78, 5) is 9.20. The smallest absolute Gasteiger partial charge is 0.0708 e. The monoisotopic (exact) mass is 448 g/mol. The fourth-order valence-electron chi connectivity index (χ4n) is 4.84. The van der Waals surface area contributed by atoms with E-state index in [4.69, 9.17) is 0 Å². The Balaban J connectivity index is 1.64. The topological polar surface area (TPSA) is 25.8 Å². The summed E-state index contributed by atoms with van der Waals surface area (Å²) in [5.41, 5.74) is 10.5. The number of pyridine rings is 2. The standard InChI is InChI=1S/C33H24N2/c1-23-13-15-24(16-14-23)26-17-18-27(31-22-34-21-19-28(26)31)29-10-7-11-30(32-12-5-6-20-35-32)33(29)25-8-3-2-4-9-25/h2-22H,1H3. The predicted molar refractivity (Wildman–Crippen MR) is 146 cm³/mol. The highest BCUT2D eigenvalue weighted by molar-refractivity contribution is 6.08. The molecule has 0 saturated heterocycles. The molecule has 2 aromatic heterocycles. The number of benzene rings is 4. The number of aryl methyl sites for hydroxylation is 1. The SMILES string of the molecule is Cc1ccc(-c2ccc(-c3cccc(-c4ccccn4)c3-c3ccccc3)c3cnccc23)cc1. The largest absolute Gasteiger partial charge is 0.264 e. The van der Waals surface area contributed by atoms with E-state index in [9.17, 15) is 0 Å². The molecule has 0 fully saturated rings. The molecule has 6 aromatic rings. The lowest BCUT2D eigenvalue weighted by atomic mass is 9.86. The molecule has 166 valence electrons. The summed E-state index contributed by atoms with van der Waals surface area (Å²) in [5, 5.41) is 2.34. The lowest BCUT2D eigenvalue weighted by Crippen LogP contribution is -1.93. The lowest BCUT2D eigenvalue weighted by molar-refractivity contribution is 1.33. The van der Waals surface area contributed by atoms with Gasteiger partial charge in [0, 0.05) is 29.5 Å². The maximum atomic E-state index is 4.68. The molecule has 0 spiro atoms. The van der Waals surface area contributed by atoms with Gasteiger partial charge in [-0.25, -0.2) is 0 Å². The number of nitrogens with zero attached hydrogens (tertiary/aromatic N) is 2. The van der Waals surface area contributed by atoms with Crippen LogP contribution < -0.4 is 0 Å². The van der Waals surface area contributed by atoms with E-state index < -0.39 is 0 Å². The Morgan fingerprint density at radius 3 is 2.06 bits per heavy atom. The van der Waals surface area contributed by atoms with Crippen molar-refractivity contribution in [1.29, 1.82) is 0 Å². The second-order valence-corrected chi connectivity index (χ2v) is 8.76. The molecule has 2 heterocycles. The average Bonchev–Trinajstić information content (AvgIpc) is 2.93. The summed E-state index contributed by atoms with van der Waals surface area (Å²) in [6.45, 7) is 2.12. The van der Waals surface area contributed by atoms with Crippen molar-refractivity contribution >= 4 is 10.8 Å². The van der Waals surface area contributed by atoms with E-state index >= 15 is 0 Å². The van der Waals surface area contributed by atoms with Crippen molar-refractivity contribution < 1.29 is 0 Å². The minimum Gasteiger partial charge on any atom is -0.264 e. The van der Waals surface area contributed by atoms with E-state index in [1.165, 1.54) is 44.3 Å². The van der Waals surface area contributed by atoms with Crippen molar-refractivity contribution in [3.8, 4) is 44.6 Å². The zero-order valence-electron chi connectivity index (χ0n) is 19.5. The number of rotatable bonds is 4. The first kappa shape index (κ1) is 21.0. The second kappa shape index (κ2) is 9.00. The van der Waals surface area contributed by atoms with Gasteiger partial charge in [-0.2, -0.15) is 0 Å². The Kier molecular flexibility index (Phi) is 5.40. The molecule has 2 nitrogen and oxygen atoms in total. The normalized spacial score (nSPS) is 11.0. The van der Waals surface area contributed by atoms with E-state index in [-0.39, 0.29) is 0 Å². The highest BCUT2D eigenvalue weighted by atomic mass is 14.7. The van der Waals surface area contributed by atoms with Crippen molar-refractivity contribution in [2.45, 2.75) is 6.92 Å². The third-order valence-electron chi connectivity index (χ3n) is 6.54.